The van der Waals surface area contributed by atoms with E-state index in [0.717, 1.165) is 36.8 Å². The molecule has 0 bridgehead atoms. The summed E-state index contributed by atoms with van der Waals surface area (Å²) in [4.78, 5) is 11.7. The van der Waals surface area contributed by atoms with Gasteiger partial charge in [0.25, 0.3) is 0 Å². The lowest BCUT2D eigenvalue weighted by atomic mass is 9.97. The van der Waals surface area contributed by atoms with Gasteiger partial charge < -0.3 is 4.90 Å². The molecule has 0 spiro atoms. The number of hydrogen-bond acceptors (Lipinski definition) is 6. The highest BCUT2D eigenvalue weighted by molar-refractivity contribution is 7.91. The van der Waals surface area contributed by atoms with Crippen molar-refractivity contribution in [2.75, 3.05) is 24.5 Å². The fraction of sp³-hybridized carbons (Fsp3) is 0.467. The number of aromatic nitrogens is 2. The first-order valence-electron chi connectivity index (χ1n) is 7.63. The van der Waals surface area contributed by atoms with Crippen molar-refractivity contribution in [3.8, 4) is 0 Å². The van der Waals surface area contributed by atoms with Crippen LogP contribution in [0.15, 0.2) is 34.8 Å². The number of piperidine rings is 1. The largest absolute Gasteiger partial charge is 0.341 e. The molecule has 0 saturated carbocycles. The number of hydrogen-bond donors (Lipinski definition) is 1. The number of aryl methyl sites for hydroxylation is 1. The SMILES string of the molecule is Cc1ccc(S(=O)(=O)NCC2CCN(c3ncccn3)CC2)s1. The lowest BCUT2D eigenvalue weighted by Gasteiger charge is -2.31. The summed E-state index contributed by atoms with van der Waals surface area (Å²) in [6, 6.07) is 5.30. The van der Waals surface area contributed by atoms with Crippen molar-refractivity contribution in [1.82, 2.24) is 14.7 Å². The maximum absolute atomic E-state index is 12.2. The molecule has 2 aromatic heterocycles. The highest BCUT2D eigenvalue weighted by Gasteiger charge is 2.23. The average molecular weight is 352 g/mol. The molecule has 0 aromatic carbocycles. The van der Waals surface area contributed by atoms with Gasteiger partial charge in [0.1, 0.15) is 4.21 Å². The summed E-state index contributed by atoms with van der Waals surface area (Å²) in [6.07, 6.45) is 5.35. The van der Waals surface area contributed by atoms with Crippen LogP contribution in [0.1, 0.15) is 17.7 Å². The molecular formula is C15H20N4O2S2. The van der Waals surface area contributed by atoms with Gasteiger partial charge in [0.05, 0.1) is 0 Å². The molecule has 124 valence electrons. The zero-order chi connectivity index (χ0) is 16.3. The Morgan fingerprint density at radius 2 is 1.96 bits per heavy atom. The van der Waals surface area contributed by atoms with Crippen LogP contribution < -0.4 is 9.62 Å². The van der Waals surface area contributed by atoms with Crippen LogP contribution in [0, 0.1) is 12.8 Å². The van der Waals surface area contributed by atoms with E-state index in [2.05, 4.69) is 19.6 Å². The van der Waals surface area contributed by atoms with E-state index in [-0.39, 0.29) is 0 Å². The van der Waals surface area contributed by atoms with Gasteiger partial charge in [0, 0.05) is 36.9 Å². The van der Waals surface area contributed by atoms with Crippen LogP contribution in [0.4, 0.5) is 5.95 Å². The van der Waals surface area contributed by atoms with Crippen LogP contribution in [0.2, 0.25) is 0 Å². The molecule has 1 N–H and O–H groups in total. The maximum atomic E-state index is 12.2. The topological polar surface area (TPSA) is 75.2 Å². The molecule has 3 rings (SSSR count). The molecule has 0 radical (unpaired) electrons. The Hall–Kier alpha value is -1.51. The Morgan fingerprint density at radius 3 is 2.57 bits per heavy atom. The number of anilines is 1. The third-order valence-corrected chi connectivity index (χ3v) is 6.91. The Balaban J connectivity index is 1.51. The van der Waals surface area contributed by atoms with E-state index >= 15 is 0 Å². The van der Waals surface area contributed by atoms with Gasteiger partial charge in [-0.2, -0.15) is 0 Å². The Kier molecular flexibility index (Phi) is 4.93. The Bertz CT molecular complexity index is 738. The van der Waals surface area contributed by atoms with Crippen molar-refractivity contribution in [3.05, 3.63) is 35.5 Å². The first kappa shape index (κ1) is 16.4. The lowest BCUT2D eigenvalue weighted by Crippen LogP contribution is -2.39. The van der Waals surface area contributed by atoms with Crippen molar-refractivity contribution < 1.29 is 8.42 Å². The van der Waals surface area contributed by atoms with E-state index in [0.29, 0.717) is 16.7 Å². The minimum Gasteiger partial charge on any atom is -0.341 e. The predicted molar refractivity (Wildman–Crippen MR) is 91.2 cm³/mol. The minimum absolute atomic E-state index is 0.353. The molecule has 2 aromatic rings. The van der Waals surface area contributed by atoms with Crippen LogP contribution in [-0.4, -0.2) is 38.0 Å². The van der Waals surface area contributed by atoms with E-state index < -0.39 is 10.0 Å². The number of thiophene rings is 1. The number of rotatable bonds is 5. The minimum atomic E-state index is -3.37. The first-order valence-corrected chi connectivity index (χ1v) is 9.92. The van der Waals surface area contributed by atoms with E-state index in [1.54, 1.807) is 24.5 Å². The summed E-state index contributed by atoms with van der Waals surface area (Å²) in [5, 5.41) is 0. The number of sulfonamides is 1. The summed E-state index contributed by atoms with van der Waals surface area (Å²) in [5.74, 6) is 1.10. The van der Waals surface area contributed by atoms with Gasteiger partial charge >= 0.3 is 0 Å². The summed E-state index contributed by atoms with van der Waals surface area (Å²) in [6.45, 7) is 4.11. The van der Waals surface area contributed by atoms with E-state index in [4.69, 9.17) is 0 Å². The summed E-state index contributed by atoms with van der Waals surface area (Å²) < 4.78 is 27.6. The molecule has 23 heavy (non-hydrogen) atoms. The fourth-order valence-corrected chi connectivity index (χ4v) is 5.09. The molecule has 1 saturated heterocycles. The molecule has 0 atom stereocenters. The average Bonchev–Trinajstić information content (AvgIpc) is 3.02. The van der Waals surface area contributed by atoms with Crippen molar-refractivity contribution in [3.63, 3.8) is 0 Å². The van der Waals surface area contributed by atoms with Gasteiger partial charge in [0.15, 0.2) is 0 Å². The Morgan fingerprint density at radius 1 is 1.26 bits per heavy atom. The molecule has 0 unspecified atom stereocenters. The Labute approximate surface area is 140 Å². The van der Waals surface area contributed by atoms with Crippen molar-refractivity contribution in [1.29, 1.82) is 0 Å². The molecule has 0 aliphatic carbocycles. The predicted octanol–water partition coefficient (Wildman–Crippen LogP) is 2.04. The van der Waals surface area contributed by atoms with Crippen LogP contribution in [0.25, 0.3) is 0 Å². The first-order chi connectivity index (χ1) is 11.0. The molecule has 1 fully saturated rings. The van der Waals surface area contributed by atoms with Crippen molar-refractivity contribution in [2.45, 2.75) is 24.0 Å². The third kappa shape index (κ3) is 4.07. The quantitative estimate of drug-likeness (QED) is 0.891. The van der Waals surface area contributed by atoms with E-state index in [1.165, 1.54) is 11.3 Å². The lowest BCUT2D eigenvalue weighted by molar-refractivity contribution is 0.399. The van der Waals surface area contributed by atoms with Crippen LogP contribution >= 0.6 is 11.3 Å². The normalized spacial score (nSPS) is 16.7. The van der Waals surface area contributed by atoms with Gasteiger partial charge in [-0.3, -0.25) is 0 Å². The van der Waals surface area contributed by atoms with Gasteiger partial charge in [-0.25, -0.2) is 23.1 Å². The molecule has 0 amide bonds. The van der Waals surface area contributed by atoms with Gasteiger partial charge in [-0.15, -0.1) is 11.3 Å². The highest BCUT2D eigenvalue weighted by Crippen LogP contribution is 2.22. The maximum Gasteiger partial charge on any atom is 0.250 e. The number of nitrogens with zero attached hydrogens (tertiary/aromatic N) is 3. The molecular weight excluding hydrogens is 332 g/mol. The van der Waals surface area contributed by atoms with Crippen molar-refractivity contribution >= 4 is 27.3 Å². The highest BCUT2D eigenvalue weighted by atomic mass is 32.2. The number of nitrogens with one attached hydrogen (secondary N) is 1. The van der Waals surface area contributed by atoms with Crippen LogP contribution in [0.5, 0.6) is 0 Å². The molecule has 8 heteroatoms. The molecule has 1 aliphatic rings. The van der Waals surface area contributed by atoms with Gasteiger partial charge in [-0.05, 0) is 43.9 Å². The summed E-state index contributed by atoms with van der Waals surface area (Å²) >= 11 is 1.30. The fourth-order valence-electron chi connectivity index (χ4n) is 2.65. The molecule has 3 heterocycles. The second-order valence-electron chi connectivity index (χ2n) is 5.70. The zero-order valence-electron chi connectivity index (χ0n) is 13.0. The van der Waals surface area contributed by atoms with Crippen LogP contribution in [0.3, 0.4) is 0 Å². The summed E-state index contributed by atoms with van der Waals surface area (Å²) in [7, 11) is -3.37. The monoisotopic (exact) mass is 352 g/mol. The van der Waals surface area contributed by atoms with Gasteiger partial charge in [-0.1, -0.05) is 0 Å². The smallest absolute Gasteiger partial charge is 0.250 e. The molecule has 6 nitrogen and oxygen atoms in total. The molecule has 1 aliphatic heterocycles. The van der Waals surface area contributed by atoms with Crippen LogP contribution in [-0.2, 0) is 10.0 Å². The van der Waals surface area contributed by atoms with Crippen molar-refractivity contribution in [2.24, 2.45) is 5.92 Å². The standard InChI is InChI=1S/C15H20N4O2S2/c1-12-3-4-14(22-12)23(20,21)18-11-13-5-9-19(10-6-13)15-16-7-2-8-17-15/h2-4,7-8,13,18H,5-6,9-11H2,1H3. The van der Waals surface area contributed by atoms with E-state index in [1.807, 2.05) is 13.0 Å². The third-order valence-electron chi connectivity index (χ3n) is 3.99. The zero-order valence-corrected chi connectivity index (χ0v) is 14.6. The van der Waals surface area contributed by atoms with E-state index in [9.17, 15) is 8.42 Å². The second-order valence-corrected chi connectivity index (χ2v) is 8.98. The summed E-state index contributed by atoms with van der Waals surface area (Å²) in [5.41, 5.74) is 0. The van der Waals surface area contributed by atoms with Gasteiger partial charge in [0.2, 0.25) is 16.0 Å². The second kappa shape index (κ2) is 6.94.